The molecule has 0 aliphatic rings. The summed E-state index contributed by atoms with van der Waals surface area (Å²) < 4.78 is 10.9. The molecule has 3 aromatic heterocycles. The molecule has 0 radical (unpaired) electrons. The number of fused-ring (bicyclic) bond motifs is 3. The zero-order valence-corrected chi connectivity index (χ0v) is 34.4. The first-order chi connectivity index (χ1) is 25.1. The quantitative estimate of drug-likeness (QED) is 0.0907. The second kappa shape index (κ2) is 16.3. The third-order valence-electron chi connectivity index (χ3n) is 10.0. The molecule has 0 aliphatic heterocycles. The van der Waals surface area contributed by atoms with E-state index in [1.807, 2.05) is 29.1 Å². The molecule has 0 N–H and O–H groups in total. The van der Waals surface area contributed by atoms with Crippen molar-refractivity contribution in [2.75, 3.05) is 0 Å². The number of rotatable bonds is 12. The van der Waals surface area contributed by atoms with E-state index in [0.29, 0.717) is 11.5 Å². The Morgan fingerprint density at radius 1 is 0.755 bits per heavy atom. The van der Waals surface area contributed by atoms with Crippen molar-refractivity contribution in [3.63, 3.8) is 0 Å². The summed E-state index contributed by atoms with van der Waals surface area (Å²) >= 11 is 0. The molecule has 0 aliphatic carbocycles. The van der Waals surface area contributed by atoms with Gasteiger partial charge in [-0.2, -0.15) is 16.7 Å². The summed E-state index contributed by atoms with van der Waals surface area (Å²) in [6.07, 6.45) is 9.94. The molecule has 0 bridgehead atoms. The minimum Gasteiger partial charge on any atom is -0.509 e. The minimum absolute atomic E-state index is 0. The van der Waals surface area contributed by atoms with E-state index in [9.17, 15) is 0 Å². The van der Waals surface area contributed by atoms with Gasteiger partial charge in [0.2, 0.25) is 0 Å². The first-order valence-corrected chi connectivity index (χ1v) is 18.9. The molecule has 4 aromatic carbocycles. The Kier molecular flexibility index (Phi) is 11.7. The van der Waals surface area contributed by atoms with E-state index in [1.54, 1.807) is 0 Å². The summed E-state index contributed by atoms with van der Waals surface area (Å²) in [4.78, 5) is 4.81. The number of ether oxygens (including phenoxy) is 1. The van der Waals surface area contributed by atoms with E-state index in [0.717, 1.165) is 75.3 Å². The number of hydrogen-bond acceptors (Lipinski definition) is 3. The number of nitrogens with zero attached hydrogens (tertiary/aromatic N) is 4. The van der Waals surface area contributed by atoms with Gasteiger partial charge in [0.1, 0.15) is 5.82 Å². The normalized spacial score (nSPS) is 11.7. The molecule has 0 atom stereocenters. The van der Waals surface area contributed by atoms with Crippen LogP contribution < -0.4 is 4.74 Å². The standard InChI is InChI=1S/C47H50N4O.Pt/c1-8-9-10-12-15-35-18-21-43-42(29-35)41-20-19-39(31-44(41)50(43)45-26-32(2)23-25-48-45)52-40-28-36(22-24-47(5,6)7)27-38(30-40)51-34(4)46(33(3)49-51)37-16-13-11-14-17-37;/h11,13-14,16-21,23,25-29H,8-10,12,15,22,24H2,1-7H3;/q-2;+2. The Labute approximate surface area is 329 Å². The Balaban J connectivity index is 0.00000481. The van der Waals surface area contributed by atoms with E-state index in [2.05, 4.69) is 132 Å². The average molecular weight is 882 g/mol. The Morgan fingerprint density at radius 2 is 1.57 bits per heavy atom. The third kappa shape index (κ3) is 8.52. The van der Waals surface area contributed by atoms with Crippen LogP contribution in [0.4, 0.5) is 0 Å². The molecule has 0 saturated carbocycles. The molecule has 7 aromatic rings. The molecule has 0 saturated heterocycles. The van der Waals surface area contributed by atoms with Gasteiger partial charge in [0, 0.05) is 34.5 Å². The van der Waals surface area contributed by atoms with Gasteiger partial charge in [0.15, 0.2) is 0 Å². The maximum absolute atomic E-state index is 6.71. The zero-order chi connectivity index (χ0) is 36.4. The fourth-order valence-corrected chi connectivity index (χ4v) is 7.26. The molecule has 53 heavy (non-hydrogen) atoms. The molecule has 3 heterocycles. The van der Waals surface area contributed by atoms with Crippen molar-refractivity contribution in [1.29, 1.82) is 0 Å². The fraction of sp³-hybridized carbons (Fsp3) is 0.319. The third-order valence-corrected chi connectivity index (χ3v) is 10.0. The molecule has 0 fully saturated rings. The van der Waals surface area contributed by atoms with Crippen molar-refractivity contribution < 1.29 is 25.8 Å². The smallest absolute Gasteiger partial charge is 0.509 e. The summed E-state index contributed by atoms with van der Waals surface area (Å²) in [7, 11) is 0. The van der Waals surface area contributed by atoms with Gasteiger partial charge in [-0.15, -0.1) is 35.7 Å². The molecule has 0 unspecified atom stereocenters. The average Bonchev–Trinajstić information content (AvgIpc) is 3.61. The summed E-state index contributed by atoms with van der Waals surface area (Å²) in [5.41, 5.74) is 11.2. The molecule has 7 rings (SSSR count). The second-order valence-electron chi connectivity index (χ2n) is 15.5. The van der Waals surface area contributed by atoms with Gasteiger partial charge >= 0.3 is 21.1 Å². The first-order valence-electron chi connectivity index (χ1n) is 18.9. The Morgan fingerprint density at radius 3 is 2.32 bits per heavy atom. The van der Waals surface area contributed by atoms with Gasteiger partial charge < -0.3 is 9.30 Å². The number of aromatic nitrogens is 4. The van der Waals surface area contributed by atoms with Gasteiger partial charge in [-0.3, -0.25) is 4.68 Å². The van der Waals surface area contributed by atoms with E-state index in [-0.39, 0.29) is 26.5 Å². The molecule has 6 heteroatoms. The molecular formula is C47H50N4OPt. The van der Waals surface area contributed by atoms with Crippen LogP contribution >= 0.6 is 0 Å². The van der Waals surface area contributed by atoms with Crippen LogP contribution in [0.25, 0.3) is 44.4 Å². The van der Waals surface area contributed by atoms with E-state index < -0.39 is 0 Å². The van der Waals surface area contributed by atoms with Gasteiger partial charge in [-0.05, 0) is 97.8 Å². The summed E-state index contributed by atoms with van der Waals surface area (Å²) in [5, 5.41) is 7.37. The summed E-state index contributed by atoms with van der Waals surface area (Å²) in [6, 6.07) is 37.3. The SMILES string of the molecule is CCCCCCc1ccc2c(c1)c1ccc(Oc3[c-]c(-n4nc(C)c(-c5ccccc5)c4C)cc(CCC(C)(C)C)c3)[c-]c1n2-c1cc(C)ccn1.[Pt+2]. The molecule has 274 valence electrons. The van der Waals surface area contributed by atoms with Crippen LogP contribution in [0, 0.1) is 38.3 Å². The topological polar surface area (TPSA) is 44.9 Å². The molecule has 5 nitrogen and oxygen atoms in total. The van der Waals surface area contributed by atoms with Crippen molar-refractivity contribution >= 4 is 21.8 Å². The summed E-state index contributed by atoms with van der Waals surface area (Å²) in [6.45, 7) is 15.4. The largest absolute Gasteiger partial charge is 2.00 e. The molecule has 0 amide bonds. The van der Waals surface area contributed by atoms with Crippen molar-refractivity contribution in [1.82, 2.24) is 19.3 Å². The van der Waals surface area contributed by atoms with Crippen molar-refractivity contribution in [3.8, 4) is 34.1 Å². The maximum atomic E-state index is 6.71. The van der Waals surface area contributed by atoms with Crippen molar-refractivity contribution in [3.05, 3.63) is 131 Å². The van der Waals surface area contributed by atoms with E-state index >= 15 is 0 Å². The van der Waals surface area contributed by atoms with Crippen LogP contribution in [0.1, 0.15) is 87.9 Å². The minimum atomic E-state index is 0. The number of unbranched alkanes of at least 4 members (excludes halogenated alkanes) is 3. The number of pyridine rings is 1. The van der Waals surface area contributed by atoms with Crippen LogP contribution in [0.5, 0.6) is 11.5 Å². The van der Waals surface area contributed by atoms with Gasteiger partial charge in [-0.1, -0.05) is 94.9 Å². The maximum Gasteiger partial charge on any atom is 2.00 e. The zero-order valence-electron chi connectivity index (χ0n) is 32.1. The van der Waals surface area contributed by atoms with Crippen LogP contribution in [0.2, 0.25) is 0 Å². The second-order valence-corrected chi connectivity index (χ2v) is 15.5. The monoisotopic (exact) mass is 881 g/mol. The van der Waals surface area contributed by atoms with Crippen LogP contribution in [-0.2, 0) is 33.9 Å². The fourth-order valence-electron chi connectivity index (χ4n) is 7.26. The van der Waals surface area contributed by atoms with E-state index in [1.165, 1.54) is 42.2 Å². The van der Waals surface area contributed by atoms with Gasteiger partial charge in [0.25, 0.3) is 0 Å². The van der Waals surface area contributed by atoms with E-state index in [4.69, 9.17) is 14.8 Å². The van der Waals surface area contributed by atoms with Gasteiger partial charge in [0.05, 0.1) is 5.69 Å². The molecule has 0 spiro atoms. The molecular weight excluding hydrogens is 832 g/mol. The predicted octanol–water partition coefficient (Wildman–Crippen LogP) is 12.4. The Bertz CT molecular complexity index is 2350. The Hall–Kier alpha value is -4.47. The van der Waals surface area contributed by atoms with Crippen LogP contribution in [-0.4, -0.2) is 19.3 Å². The first kappa shape index (κ1) is 38.3. The predicted molar refractivity (Wildman–Crippen MR) is 215 cm³/mol. The van der Waals surface area contributed by atoms with Gasteiger partial charge in [-0.25, -0.2) is 4.98 Å². The van der Waals surface area contributed by atoms with Crippen LogP contribution in [0.3, 0.4) is 0 Å². The summed E-state index contributed by atoms with van der Waals surface area (Å²) in [5.74, 6) is 2.16. The van der Waals surface area contributed by atoms with Crippen molar-refractivity contribution in [2.24, 2.45) is 5.41 Å². The number of aryl methyl sites for hydroxylation is 4. The van der Waals surface area contributed by atoms with Crippen molar-refractivity contribution in [2.45, 2.75) is 93.4 Å². The number of benzene rings is 4. The number of hydrogen-bond donors (Lipinski definition) is 0. The van der Waals surface area contributed by atoms with Crippen LogP contribution in [0.15, 0.2) is 91.1 Å².